The second kappa shape index (κ2) is 7.57. The predicted molar refractivity (Wildman–Crippen MR) is 73.3 cm³/mol. The molecular weight excluding hydrogens is 224 g/mol. The van der Waals surface area contributed by atoms with Gasteiger partial charge >= 0.3 is 0 Å². The molecule has 102 valence electrons. The minimum absolute atomic E-state index is 0.217. The maximum absolute atomic E-state index is 9.91. The fourth-order valence-electron chi connectivity index (χ4n) is 3.02. The van der Waals surface area contributed by atoms with Crippen molar-refractivity contribution in [3.8, 4) is 0 Å². The van der Waals surface area contributed by atoms with Crippen LogP contribution in [0.4, 0.5) is 0 Å². The number of nitrogens with zero attached hydrogens (tertiary/aromatic N) is 2. The van der Waals surface area contributed by atoms with E-state index in [0.29, 0.717) is 6.54 Å². The lowest BCUT2D eigenvalue weighted by Crippen LogP contribution is -2.15. The number of imidazole rings is 1. The molecule has 1 aliphatic carbocycles. The van der Waals surface area contributed by atoms with Crippen molar-refractivity contribution >= 4 is 0 Å². The van der Waals surface area contributed by atoms with Gasteiger partial charge in [0.25, 0.3) is 0 Å². The van der Waals surface area contributed by atoms with Gasteiger partial charge < -0.3 is 9.67 Å². The highest BCUT2D eigenvalue weighted by atomic mass is 16.3. The molecule has 1 heterocycles. The van der Waals surface area contributed by atoms with Crippen LogP contribution < -0.4 is 0 Å². The third-order valence-electron chi connectivity index (χ3n) is 4.11. The van der Waals surface area contributed by atoms with Gasteiger partial charge in [0, 0.05) is 18.9 Å². The lowest BCUT2D eigenvalue weighted by molar-refractivity contribution is 0.139. The Morgan fingerprint density at radius 1 is 1.22 bits per heavy atom. The average Bonchev–Trinajstić information content (AvgIpc) is 2.89. The first-order chi connectivity index (χ1) is 8.84. The van der Waals surface area contributed by atoms with Crippen LogP contribution in [-0.4, -0.2) is 20.8 Å². The summed E-state index contributed by atoms with van der Waals surface area (Å²) in [4.78, 5) is 3.98. The van der Waals surface area contributed by atoms with Crippen molar-refractivity contribution in [2.45, 2.75) is 70.4 Å². The predicted octanol–water partition coefficient (Wildman–Crippen LogP) is 3.38. The first kappa shape index (κ1) is 13.6. The molecule has 3 heteroatoms. The molecule has 18 heavy (non-hydrogen) atoms. The molecule has 0 bridgehead atoms. The molecule has 3 nitrogen and oxygen atoms in total. The molecule has 1 aliphatic rings. The van der Waals surface area contributed by atoms with Crippen molar-refractivity contribution in [1.29, 1.82) is 0 Å². The first-order valence-corrected chi connectivity index (χ1v) is 7.48. The summed E-state index contributed by atoms with van der Waals surface area (Å²) in [6.45, 7) is 0.684. The van der Waals surface area contributed by atoms with Crippen LogP contribution in [0.25, 0.3) is 0 Å². The number of hydrogen-bond donors (Lipinski definition) is 1. The quantitative estimate of drug-likeness (QED) is 0.753. The van der Waals surface area contributed by atoms with Crippen LogP contribution >= 0.6 is 0 Å². The Balaban J connectivity index is 1.52. The molecule has 1 unspecified atom stereocenters. The number of aromatic nitrogens is 2. The van der Waals surface area contributed by atoms with Gasteiger partial charge in [0.1, 0.15) is 0 Å². The first-order valence-electron chi connectivity index (χ1n) is 7.48. The van der Waals surface area contributed by atoms with E-state index in [2.05, 4.69) is 4.98 Å². The van der Waals surface area contributed by atoms with E-state index >= 15 is 0 Å². The van der Waals surface area contributed by atoms with Gasteiger partial charge in [-0.15, -0.1) is 0 Å². The largest absolute Gasteiger partial charge is 0.391 e. The maximum atomic E-state index is 9.91. The van der Waals surface area contributed by atoms with Crippen LogP contribution in [0.1, 0.15) is 57.8 Å². The van der Waals surface area contributed by atoms with E-state index in [4.69, 9.17) is 0 Å². The molecular formula is C15H26N2O. The van der Waals surface area contributed by atoms with Gasteiger partial charge in [-0.1, -0.05) is 51.4 Å². The van der Waals surface area contributed by atoms with Crippen molar-refractivity contribution in [2.24, 2.45) is 5.92 Å². The molecule has 1 aromatic heterocycles. The van der Waals surface area contributed by atoms with Crippen LogP contribution in [0.5, 0.6) is 0 Å². The summed E-state index contributed by atoms with van der Waals surface area (Å²) >= 11 is 0. The van der Waals surface area contributed by atoms with E-state index in [1.54, 1.807) is 12.5 Å². The van der Waals surface area contributed by atoms with Crippen molar-refractivity contribution in [3.63, 3.8) is 0 Å². The van der Waals surface area contributed by atoms with Crippen LogP contribution in [-0.2, 0) is 6.54 Å². The topological polar surface area (TPSA) is 38.0 Å². The SMILES string of the molecule is OC(CCCCC1CCCCC1)Cn1ccnc1. The van der Waals surface area contributed by atoms with Gasteiger partial charge in [0.2, 0.25) is 0 Å². The monoisotopic (exact) mass is 250 g/mol. The van der Waals surface area contributed by atoms with Crippen molar-refractivity contribution < 1.29 is 5.11 Å². The Hall–Kier alpha value is -0.830. The van der Waals surface area contributed by atoms with Crippen LogP contribution in [0, 0.1) is 5.92 Å². The van der Waals surface area contributed by atoms with Crippen LogP contribution in [0.3, 0.4) is 0 Å². The Kier molecular flexibility index (Phi) is 5.72. The highest BCUT2D eigenvalue weighted by Crippen LogP contribution is 2.27. The van der Waals surface area contributed by atoms with Gasteiger partial charge in [0.05, 0.1) is 12.4 Å². The Labute approximate surface area is 110 Å². The molecule has 0 spiro atoms. The van der Waals surface area contributed by atoms with Gasteiger partial charge in [-0.2, -0.15) is 0 Å². The number of unbranched alkanes of at least 4 members (excludes halogenated alkanes) is 1. The zero-order valence-electron chi connectivity index (χ0n) is 11.3. The highest BCUT2D eigenvalue weighted by Gasteiger charge is 2.13. The molecule has 1 fully saturated rings. The summed E-state index contributed by atoms with van der Waals surface area (Å²) in [6, 6.07) is 0. The molecule has 2 rings (SSSR count). The average molecular weight is 250 g/mol. The molecule has 0 aromatic carbocycles. The third kappa shape index (κ3) is 4.81. The Bertz CT molecular complexity index is 304. The number of rotatable bonds is 7. The van der Waals surface area contributed by atoms with Gasteiger partial charge in [-0.05, 0) is 12.3 Å². The number of aliphatic hydroxyl groups is 1. The van der Waals surface area contributed by atoms with E-state index < -0.39 is 0 Å². The maximum Gasteiger partial charge on any atom is 0.0946 e. The van der Waals surface area contributed by atoms with Crippen molar-refractivity contribution in [2.75, 3.05) is 0 Å². The Morgan fingerprint density at radius 3 is 2.78 bits per heavy atom. The van der Waals surface area contributed by atoms with Gasteiger partial charge in [-0.3, -0.25) is 0 Å². The normalized spacial score (nSPS) is 18.9. The molecule has 1 N–H and O–H groups in total. The van der Waals surface area contributed by atoms with Gasteiger partial charge in [0.15, 0.2) is 0 Å². The standard InChI is InChI=1S/C15H26N2O/c18-15(12-17-11-10-16-13-17)9-5-4-8-14-6-2-1-3-7-14/h10-11,13-15,18H,1-9,12H2. The second-order valence-electron chi connectivity index (χ2n) is 5.70. The molecule has 0 aliphatic heterocycles. The fourth-order valence-corrected chi connectivity index (χ4v) is 3.02. The zero-order chi connectivity index (χ0) is 12.6. The second-order valence-corrected chi connectivity index (χ2v) is 5.70. The summed E-state index contributed by atoms with van der Waals surface area (Å²) in [7, 11) is 0. The smallest absolute Gasteiger partial charge is 0.0946 e. The molecule has 1 aromatic rings. The Morgan fingerprint density at radius 2 is 2.06 bits per heavy atom. The summed E-state index contributed by atoms with van der Waals surface area (Å²) < 4.78 is 1.95. The third-order valence-corrected chi connectivity index (χ3v) is 4.11. The van der Waals surface area contributed by atoms with E-state index in [-0.39, 0.29) is 6.10 Å². The zero-order valence-corrected chi connectivity index (χ0v) is 11.3. The minimum atomic E-state index is -0.217. The molecule has 0 amide bonds. The lowest BCUT2D eigenvalue weighted by atomic mass is 9.85. The highest BCUT2D eigenvalue weighted by molar-refractivity contribution is 4.75. The van der Waals surface area contributed by atoms with E-state index in [1.807, 2.05) is 10.8 Å². The fraction of sp³-hybridized carbons (Fsp3) is 0.800. The molecule has 1 atom stereocenters. The lowest BCUT2D eigenvalue weighted by Gasteiger charge is -2.21. The molecule has 1 saturated carbocycles. The van der Waals surface area contributed by atoms with Crippen molar-refractivity contribution in [1.82, 2.24) is 9.55 Å². The molecule has 0 saturated heterocycles. The van der Waals surface area contributed by atoms with Crippen LogP contribution in [0.15, 0.2) is 18.7 Å². The number of aliphatic hydroxyl groups excluding tert-OH is 1. The number of hydrogen-bond acceptors (Lipinski definition) is 2. The summed E-state index contributed by atoms with van der Waals surface area (Å²) in [5, 5.41) is 9.91. The van der Waals surface area contributed by atoms with E-state index in [1.165, 1.54) is 44.9 Å². The molecule has 0 radical (unpaired) electrons. The van der Waals surface area contributed by atoms with E-state index in [9.17, 15) is 5.11 Å². The van der Waals surface area contributed by atoms with Crippen molar-refractivity contribution in [3.05, 3.63) is 18.7 Å². The minimum Gasteiger partial charge on any atom is -0.391 e. The summed E-state index contributed by atoms with van der Waals surface area (Å²) in [5.74, 6) is 0.976. The summed E-state index contributed by atoms with van der Waals surface area (Å²) in [5.41, 5.74) is 0. The van der Waals surface area contributed by atoms with Gasteiger partial charge in [-0.25, -0.2) is 4.98 Å². The van der Waals surface area contributed by atoms with E-state index in [0.717, 1.165) is 18.8 Å². The summed E-state index contributed by atoms with van der Waals surface area (Å²) in [6.07, 6.45) is 17.2. The van der Waals surface area contributed by atoms with Crippen LogP contribution in [0.2, 0.25) is 0 Å².